The minimum absolute atomic E-state index is 0.744. The van der Waals surface area contributed by atoms with E-state index in [9.17, 15) is 0 Å². The van der Waals surface area contributed by atoms with Gasteiger partial charge in [-0.2, -0.15) is 0 Å². The van der Waals surface area contributed by atoms with Crippen molar-refractivity contribution in [2.45, 2.75) is 0 Å². The summed E-state index contributed by atoms with van der Waals surface area (Å²) in [5, 5.41) is 0. The largest absolute Gasteiger partial charge is 0.457 e. The van der Waals surface area contributed by atoms with Gasteiger partial charge in [-0.3, -0.25) is 0 Å². The fraction of sp³-hybridized carbons (Fsp3) is 0. The maximum Gasteiger partial charge on any atom is 0.324 e. The van der Waals surface area contributed by atoms with Crippen molar-refractivity contribution in [1.82, 2.24) is 0 Å². The molecule has 0 bridgehead atoms. The van der Waals surface area contributed by atoms with Gasteiger partial charge < -0.3 is 38.8 Å². The molecule has 0 saturated heterocycles. The van der Waals surface area contributed by atoms with E-state index in [4.69, 9.17) is 38.8 Å². The van der Waals surface area contributed by atoms with E-state index in [0.29, 0.717) is 0 Å². The molecule has 0 fully saturated rings. The predicted octanol–water partition coefficient (Wildman–Crippen LogP) is 6.99. The Labute approximate surface area is 234 Å². The molecule has 206 valence electrons. The number of para-hydroxylation sites is 2. The summed E-state index contributed by atoms with van der Waals surface area (Å²) in [5.74, 6) is 3.07. The molecule has 0 amide bonds. The first-order chi connectivity index (χ1) is 19.3. The highest BCUT2D eigenvalue weighted by atomic mass is 31.2. The van der Waals surface area contributed by atoms with Crippen LogP contribution in [0.5, 0.6) is 23.0 Å². The first-order valence-corrected chi connectivity index (χ1v) is 14.2. The fourth-order valence-corrected chi connectivity index (χ4v) is 3.70. The molecule has 0 aromatic heterocycles. The van der Waals surface area contributed by atoms with E-state index in [2.05, 4.69) is 30.3 Å². The van der Waals surface area contributed by atoms with Gasteiger partial charge in [0.1, 0.15) is 23.0 Å². The van der Waals surface area contributed by atoms with Gasteiger partial charge in [-0.25, -0.2) is 0 Å². The van der Waals surface area contributed by atoms with E-state index < -0.39 is 17.2 Å². The Morgan fingerprint density at radius 2 is 0.775 bits per heavy atom. The molecule has 0 saturated carbocycles. The third-order valence-electron chi connectivity index (χ3n) is 5.20. The molecule has 0 heterocycles. The number of hydrogen-bond donors (Lipinski definition) is 6. The van der Waals surface area contributed by atoms with Crippen LogP contribution >= 0.6 is 17.2 Å². The van der Waals surface area contributed by atoms with E-state index in [-0.39, 0.29) is 0 Å². The maximum absolute atomic E-state index is 7.23. The summed E-state index contributed by atoms with van der Waals surface area (Å²) < 4.78 is 12.9. The Morgan fingerprint density at radius 1 is 0.400 bits per heavy atom. The predicted molar refractivity (Wildman–Crippen MR) is 157 cm³/mol. The SMILES string of the molecule is OP(O)O.OP(O)O.c1ccc(Oc2ccc(-c3ccccc3)c(Oc3ccccc3)c2-c2ccccc2)cc1. The smallest absolute Gasteiger partial charge is 0.324 e. The first kappa shape index (κ1) is 30.9. The van der Waals surface area contributed by atoms with Crippen molar-refractivity contribution in [2.75, 3.05) is 0 Å². The van der Waals surface area contributed by atoms with Crippen molar-refractivity contribution < 1.29 is 38.8 Å². The number of hydrogen-bond acceptors (Lipinski definition) is 8. The standard InChI is InChI=1S/C30H22O2.2H3O3P/c1-5-13-23(14-6-1)27-21-22-28(31-25-17-9-3-10-18-25)29(24-15-7-2-8-16-24)30(27)32-26-19-11-4-12-20-26;2*1-4(2)3/h1-22H;2*1-3H. The van der Waals surface area contributed by atoms with Gasteiger partial charge in [-0.15, -0.1) is 0 Å². The zero-order chi connectivity index (χ0) is 28.7. The van der Waals surface area contributed by atoms with Crippen LogP contribution in [0.2, 0.25) is 0 Å². The van der Waals surface area contributed by atoms with Crippen molar-refractivity contribution >= 4 is 17.2 Å². The Morgan fingerprint density at radius 3 is 1.23 bits per heavy atom. The van der Waals surface area contributed by atoms with E-state index in [1.807, 2.05) is 103 Å². The lowest BCUT2D eigenvalue weighted by Gasteiger charge is -2.20. The Balaban J connectivity index is 0.000000490. The van der Waals surface area contributed by atoms with Gasteiger partial charge in [0.25, 0.3) is 0 Å². The second kappa shape index (κ2) is 16.4. The zero-order valence-electron chi connectivity index (χ0n) is 21.1. The molecular formula is C30H28O8P2. The molecule has 0 spiro atoms. The highest BCUT2D eigenvalue weighted by Gasteiger charge is 2.20. The van der Waals surface area contributed by atoms with E-state index in [1.165, 1.54) is 0 Å². The van der Waals surface area contributed by atoms with Crippen LogP contribution in [0, 0.1) is 0 Å². The second-order valence-electron chi connectivity index (χ2n) is 7.91. The van der Waals surface area contributed by atoms with Gasteiger partial charge in [0.15, 0.2) is 0 Å². The topological polar surface area (TPSA) is 140 Å². The molecular weight excluding hydrogens is 550 g/mol. The van der Waals surface area contributed by atoms with Crippen LogP contribution in [0.1, 0.15) is 0 Å². The second-order valence-corrected chi connectivity index (χ2v) is 8.99. The Kier molecular flexibility index (Phi) is 12.7. The number of rotatable bonds is 6. The zero-order valence-corrected chi connectivity index (χ0v) is 22.9. The molecule has 0 aliphatic heterocycles. The Hall–Kier alpha value is -3.68. The number of ether oxygens (including phenoxy) is 2. The summed E-state index contributed by atoms with van der Waals surface area (Å²) in [6.07, 6.45) is 0. The molecule has 40 heavy (non-hydrogen) atoms. The molecule has 0 aliphatic rings. The van der Waals surface area contributed by atoms with Gasteiger partial charge in [0.2, 0.25) is 0 Å². The number of benzene rings is 5. The average Bonchev–Trinajstić information content (AvgIpc) is 2.95. The van der Waals surface area contributed by atoms with Gasteiger partial charge in [0.05, 0.1) is 5.56 Å². The summed E-state index contributed by atoms with van der Waals surface area (Å²) >= 11 is 0. The lowest BCUT2D eigenvalue weighted by molar-refractivity contribution is 0.366. The molecule has 0 atom stereocenters. The van der Waals surface area contributed by atoms with Gasteiger partial charge in [0, 0.05) is 5.56 Å². The summed E-state index contributed by atoms with van der Waals surface area (Å²) in [5.41, 5.74) is 4.04. The normalized spacial score (nSPS) is 10.2. The monoisotopic (exact) mass is 578 g/mol. The highest BCUT2D eigenvalue weighted by Crippen LogP contribution is 2.47. The lowest BCUT2D eigenvalue weighted by atomic mass is 9.96. The van der Waals surface area contributed by atoms with Crippen molar-refractivity contribution in [1.29, 1.82) is 0 Å². The van der Waals surface area contributed by atoms with Gasteiger partial charge in [-0.1, -0.05) is 97.1 Å². The minimum atomic E-state index is -2.62. The third-order valence-corrected chi connectivity index (χ3v) is 5.20. The molecule has 5 aromatic rings. The van der Waals surface area contributed by atoms with Crippen LogP contribution in [0.15, 0.2) is 133 Å². The van der Waals surface area contributed by atoms with E-state index >= 15 is 0 Å². The molecule has 5 rings (SSSR count). The average molecular weight is 578 g/mol. The molecule has 0 aliphatic carbocycles. The fourth-order valence-electron chi connectivity index (χ4n) is 3.70. The minimum Gasteiger partial charge on any atom is -0.457 e. The summed E-state index contributed by atoms with van der Waals surface area (Å²) in [4.78, 5) is 43.4. The van der Waals surface area contributed by atoms with E-state index in [0.717, 1.165) is 45.3 Å². The molecule has 6 N–H and O–H groups in total. The molecule has 0 unspecified atom stereocenters. The van der Waals surface area contributed by atoms with Gasteiger partial charge >= 0.3 is 17.2 Å². The van der Waals surface area contributed by atoms with Crippen LogP contribution in [0.4, 0.5) is 0 Å². The van der Waals surface area contributed by atoms with Crippen LogP contribution in [0.3, 0.4) is 0 Å². The van der Waals surface area contributed by atoms with Gasteiger partial charge in [-0.05, 0) is 47.5 Å². The summed E-state index contributed by atoms with van der Waals surface area (Å²) in [7, 11) is -5.24. The maximum atomic E-state index is 7.23. The molecule has 5 aromatic carbocycles. The van der Waals surface area contributed by atoms with Crippen molar-refractivity contribution in [3.63, 3.8) is 0 Å². The molecule has 10 heteroatoms. The quantitative estimate of drug-likeness (QED) is 0.119. The van der Waals surface area contributed by atoms with Crippen LogP contribution in [-0.2, 0) is 0 Å². The molecule has 8 nitrogen and oxygen atoms in total. The van der Waals surface area contributed by atoms with Crippen molar-refractivity contribution in [2.24, 2.45) is 0 Å². The summed E-state index contributed by atoms with van der Waals surface area (Å²) in [6.45, 7) is 0. The van der Waals surface area contributed by atoms with Crippen molar-refractivity contribution in [3.8, 4) is 45.3 Å². The lowest BCUT2D eigenvalue weighted by Crippen LogP contribution is -1.96. The van der Waals surface area contributed by atoms with Crippen LogP contribution in [0.25, 0.3) is 22.3 Å². The first-order valence-electron chi connectivity index (χ1n) is 11.8. The van der Waals surface area contributed by atoms with Crippen LogP contribution in [-0.4, -0.2) is 29.4 Å². The molecule has 0 radical (unpaired) electrons. The third kappa shape index (κ3) is 10.1. The van der Waals surface area contributed by atoms with Crippen molar-refractivity contribution in [3.05, 3.63) is 133 Å². The van der Waals surface area contributed by atoms with Crippen LogP contribution < -0.4 is 9.47 Å². The summed E-state index contributed by atoms with van der Waals surface area (Å²) in [6, 6.07) is 44.3. The highest BCUT2D eigenvalue weighted by molar-refractivity contribution is 7.38. The van der Waals surface area contributed by atoms with E-state index in [1.54, 1.807) is 0 Å². The Bertz CT molecular complexity index is 1390.